The van der Waals surface area contributed by atoms with Crippen LogP contribution < -0.4 is 0 Å². The molecule has 1 saturated heterocycles. The molecule has 1 aromatic heterocycles. The van der Waals surface area contributed by atoms with Gasteiger partial charge in [0, 0.05) is 45.4 Å². The molecule has 29 heavy (non-hydrogen) atoms. The summed E-state index contributed by atoms with van der Waals surface area (Å²) < 4.78 is 0. The molecule has 1 aromatic carbocycles. The molecule has 2 aromatic rings. The van der Waals surface area contributed by atoms with E-state index >= 15 is 0 Å². The molecule has 2 heterocycles. The number of aromatic nitrogens is 1. The van der Waals surface area contributed by atoms with E-state index in [1.165, 1.54) is 12.8 Å². The van der Waals surface area contributed by atoms with E-state index < -0.39 is 6.04 Å². The molecule has 0 bridgehead atoms. The standard InChI is InChI=1S/C24H29N3O2/c1-26-13-14-27(23(28)17-18-5-2-3-6-18)22(24(26)29)16-19-7-4-8-21(15-19)20-9-11-25-12-10-20/h4,7-12,15,18,22H,2-3,5-6,13-14,16-17H2,1H3. The van der Waals surface area contributed by atoms with Crippen LogP contribution in [-0.4, -0.2) is 52.8 Å². The van der Waals surface area contributed by atoms with Crippen LogP contribution in [0.25, 0.3) is 11.1 Å². The average Bonchev–Trinajstić information content (AvgIpc) is 3.25. The summed E-state index contributed by atoms with van der Waals surface area (Å²) in [4.78, 5) is 33.7. The van der Waals surface area contributed by atoms with Crippen molar-refractivity contribution in [3.8, 4) is 11.1 Å². The van der Waals surface area contributed by atoms with E-state index in [0.717, 1.165) is 29.5 Å². The summed E-state index contributed by atoms with van der Waals surface area (Å²) in [6.07, 6.45) is 9.45. The highest BCUT2D eigenvalue weighted by molar-refractivity contribution is 5.89. The molecular formula is C24H29N3O2. The zero-order valence-corrected chi connectivity index (χ0v) is 17.1. The molecule has 2 fully saturated rings. The quantitative estimate of drug-likeness (QED) is 0.783. The summed E-state index contributed by atoms with van der Waals surface area (Å²) in [5, 5.41) is 0. The molecule has 1 aliphatic heterocycles. The lowest BCUT2D eigenvalue weighted by Crippen LogP contribution is -2.58. The minimum Gasteiger partial charge on any atom is -0.342 e. The van der Waals surface area contributed by atoms with Crippen LogP contribution in [0.3, 0.4) is 0 Å². The summed E-state index contributed by atoms with van der Waals surface area (Å²) in [5.74, 6) is 0.687. The Kier molecular flexibility index (Phi) is 5.93. The van der Waals surface area contributed by atoms with E-state index in [0.29, 0.717) is 31.8 Å². The van der Waals surface area contributed by atoms with Gasteiger partial charge in [-0.05, 0) is 47.6 Å². The zero-order chi connectivity index (χ0) is 20.2. The van der Waals surface area contributed by atoms with Crippen molar-refractivity contribution in [3.05, 3.63) is 54.4 Å². The molecule has 152 valence electrons. The molecule has 1 atom stereocenters. The molecule has 1 unspecified atom stereocenters. The Morgan fingerprint density at radius 1 is 1.07 bits per heavy atom. The lowest BCUT2D eigenvalue weighted by atomic mass is 9.96. The molecule has 0 radical (unpaired) electrons. The Hall–Kier alpha value is -2.69. The normalized spacial score (nSPS) is 20.3. The SMILES string of the molecule is CN1CCN(C(=O)CC2CCCC2)C(Cc2cccc(-c3ccncc3)c2)C1=O. The van der Waals surface area contributed by atoms with Crippen molar-refractivity contribution in [2.45, 2.75) is 44.6 Å². The third-order valence-corrected chi connectivity index (χ3v) is 6.34. The number of piperazine rings is 1. The van der Waals surface area contributed by atoms with Gasteiger partial charge in [-0.3, -0.25) is 14.6 Å². The van der Waals surface area contributed by atoms with E-state index in [9.17, 15) is 9.59 Å². The maximum absolute atomic E-state index is 13.0. The highest BCUT2D eigenvalue weighted by Gasteiger charge is 2.36. The van der Waals surface area contributed by atoms with Gasteiger partial charge < -0.3 is 9.80 Å². The highest BCUT2D eigenvalue weighted by Crippen LogP contribution is 2.29. The van der Waals surface area contributed by atoms with E-state index in [2.05, 4.69) is 17.1 Å². The first kappa shape index (κ1) is 19.6. The van der Waals surface area contributed by atoms with E-state index in [1.54, 1.807) is 17.3 Å². The number of rotatable bonds is 5. The van der Waals surface area contributed by atoms with E-state index in [-0.39, 0.29) is 11.8 Å². The van der Waals surface area contributed by atoms with Gasteiger partial charge in [-0.2, -0.15) is 0 Å². The summed E-state index contributed by atoms with van der Waals surface area (Å²) in [5.41, 5.74) is 3.28. The summed E-state index contributed by atoms with van der Waals surface area (Å²) in [7, 11) is 1.83. The third kappa shape index (κ3) is 4.50. The Bertz CT molecular complexity index is 861. The number of hydrogen-bond acceptors (Lipinski definition) is 3. The van der Waals surface area contributed by atoms with Crippen LogP contribution in [0.1, 0.15) is 37.7 Å². The molecule has 5 nitrogen and oxygen atoms in total. The minimum absolute atomic E-state index is 0.0466. The molecule has 2 aliphatic rings. The smallest absolute Gasteiger partial charge is 0.245 e. The van der Waals surface area contributed by atoms with Crippen LogP contribution in [-0.2, 0) is 16.0 Å². The van der Waals surface area contributed by atoms with Gasteiger partial charge >= 0.3 is 0 Å². The predicted octanol–water partition coefficient (Wildman–Crippen LogP) is 3.54. The second-order valence-corrected chi connectivity index (χ2v) is 8.36. The number of amides is 2. The Morgan fingerprint density at radius 2 is 1.83 bits per heavy atom. The van der Waals surface area contributed by atoms with Crippen molar-refractivity contribution in [1.29, 1.82) is 0 Å². The van der Waals surface area contributed by atoms with Gasteiger partial charge in [0.05, 0.1) is 0 Å². The van der Waals surface area contributed by atoms with Gasteiger partial charge in [-0.25, -0.2) is 0 Å². The second kappa shape index (κ2) is 8.76. The lowest BCUT2D eigenvalue weighted by Gasteiger charge is -2.39. The summed E-state index contributed by atoms with van der Waals surface area (Å²) >= 11 is 0. The van der Waals surface area contributed by atoms with Crippen LogP contribution >= 0.6 is 0 Å². The zero-order valence-electron chi connectivity index (χ0n) is 17.1. The molecule has 1 saturated carbocycles. The first-order chi connectivity index (χ1) is 14.1. The fourth-order valence-electron chi connectivity index (χ4n) is 4.63. The minimum atomic E-state index is -0.407. The average molecular weight is 392 g/mol. The maximum Gasteiger partial charge on any atom is 0.245 e. The van der Waals surface area contributed by atoms with Crippen LogP contribution in [0, 0.1) is 5.92 Å². The van der Waals surface area contributed by atoms with E-state index in [1.807, 2.05) is 36.2 Å². The predicted molar refractivity (Wildman–Crippen MR) is 113 cm³/mol. The topological polar surface area (TPSA) is 53.5 Å². The van der Waals surface area contributed by atoms with Gasteiger partial charge in [0.25, 0.3) is 0 Å². The van der Waals surface area contributed by atoms with Crippen molar-refractivity contribution in [2.75, 3.05) is 20.1 Å². The largest absolute Gasteiger partial charge is 0.342 e. The number of likely N-dealkylation sites (N-methyl/N-ethyl adjacent to an activating group) is 1. The molecule has 5 heteroatoms. The first-order valence-corrected chi connectivity index (χ1v) is 10.7. The van der Waals surface area contributed by atoms with Crippen molar-refractivity contribution in [3.63, 3.8) is 0 Å². The fraction of sp³-hybridized carbons (Fsp3) is 0.458. The molecule has 1 aliphatic carbocycles. The van der Waals surface area contributed by atoms with Crippen LogP contribution in [0.15, 0.2) is 48.8 Å². The molecule has 2 amide bonds. The summed E-state index contributed by atoms with van der Waals surface area (Å²) in [6, 6.07) is 11.8. The fourth-order valence-corrected chi connectivity index (χ4v) is 4.63. The van der Waals surface area contributed by atoms with Crippen molar-refractivity contribution >= 4 is 11.8 Å². The van der Waals surface area contributed by atoms with E-state index in [4.69, 9.17) is 0 Å². The van der Waals surface area contributed by atoms with Crippen LogP contribution in [0.2, 0.25) is 0 Å². The van der Waals surface area contributed by atoms with Crippen LogP contribution in [0.5, 0.6) is 0 Å². The number of benzene rings is 1. The van der Waals surface area contributed by atoms with Crippen molar-refractivity contribution < 1.29 is 9.59 Å². The lowest BCUT2D eigenvalue weighted by molar-refractivity contribution is -0.150. The van der Waals surface area contributed by atoms with Crippen LogP contribution in [0.4, 0.5) is 0 Å². The Labute approximate surface area is 172 Å². The number of nitrogens with zero attached hydrogens (tertiary/aromatic N) is 3. The van der Waals surface area contributed by atoms with Gasteiger partial charge in [0.1, 0.15) is 6.04 Å². The maximum atomic E-state index is 13.0. The number of carbonyl (C=O) groups is 2. The second-order valence-electron chi connectivity index (χ2n) is 8.36. The summed E-state index contributed by atoms with van der Waals surface area (Å²) in [6.45, 7) is 1.24. The molecular weight excluding hydrogens is 362 g/mol. The van der Waals surface area contributed by atoms with Gasteiger partial charge in [0.15, 0.2) is 0 Å². The number of pyridine rings is 1. The monoisotopic (exact) mass is 391 g/mol. The van der Waals surface area contributed by atoms with Crippen molar-refractivity contribution in [2.24, 2.45) is 5.92 Å². The van der Waals surface area contributed by atoms with Gasteiger partial charge in [0.2, 0.25) is 11.8 Å². The van der Waals surface area contributed by atoms with Crippen molar-refractivity contribution in [1.82, 2.24) is 14.8 Å². The Balaban J connectivity index is 1.53. The Morgan fingerprint density at radius 3 is 2.59 bits per heavy atom. The van der Waals surface area contributed by atoms with Gasteiger partial charge in [-0.15, -0.1) is 0 Å². The highest BCUT2D eigenvalue weighted by atomic mass is 16.2. The number of carbonyl (C=O) groups excluding carboxylic acids is 2. The number of hydrogen-bond donors (Lipinski definition) is 0. The third-order valence-electron chi connectivity index (χ3n) is 6.34. The first-order valence-electron chi connectivity index (χ1n) is 10.7. The van der Waals surface area contributed by atoms with Gasteiger partial charge in [-0.1, -0.05) is 37.1 Å². The molecule has 0 spiro atoms. The molecule has 0 N–H and O–H groups in total. The molecule has 4 rings (SSSR count).